The number of hydrogen-bond donors (Lipinski definition) is 2. The molecule has 2 N–H and O–H groups in total. The van der Waals surface area contributed by atoms with Crippen molar-refractivity contribution in [2.75, 3.05) is 26.3 Å². The van der Waals surface area contributed by atoms with Gasteiger partial charge in [-0.1, -0.05) is 60.7 Å². The van der Waals surface area contributed by atoms with Gasteiger partial charge in [-0.05, 0) is 24.8 Å². The largest absolute Gasteiger partial charge is 0.480 e. The van der Waals surface area contributed by atoms with Crippen LogP contribution in [0.1, 0.15) is 30.9 Å². The van der Waals surface area contributed by atoms with Crippen molar-refractivity contribution in [2.24, 2.45) is 9.98 Å². The first-order valence-corrected chi connectivity index (χ1v) is 11.1. The molecule has 0 radical (unpaired) electrons. The molecule has 1 heterocycles. The van der Waals surface area contributed by atoms with E-state index in [0.29, 0.717) is 35.7 Å². The van der Waals surface area contributed by atoms with Crippen molar-refractivity contribution >= 4 is 18.5 Å². The Balaban J connectivity index is 1.86. The van der Waals surface area contributed by atoms with E-state index in [1.807, 2.05) is 65.6 Å². The Kier molecular flexibility index (Phi) is 8.31. The maximum absolute atomic E-state index is 15.0. The summed E-state index contributed by atoms with van der Waals surface area (Å²) in [6.45, 7) is 5.35. The fourth-order valence-corrected chi connectivity index (χ4v) is 4.05. The number of hydrogen-bond acceptors (Lipinski definition) is 5. The molecule has 3 rings (SSSR count). The number of benzene rings is 2. The van der Waals surface area contributed by atoms with Gasteiger partial charge in [0.05, 0.1) is 12.8 Å². The first kappa shape index (κ1) is 25.3. The van der Waals surface area contributed by atoms with Crippen molar-refractivity contribution < 1.29 is 24.1 Å². The molecule has 0 unspecified atom stereocenters. The number of aliphatic carboxylic acids is 1. The molecule has 2 aromatic carbocycles. The average Bonchev–Trinajstić information content (AvgIpc) is 2.84. The Morgan fingerprint density at radius 1 is 1.15 bits per heavy atom. The lowest BCUT2D eigenvalue weighted by molar-refractivity contribution is -0.144. The van der Waals surface area contributed by atoms with Crippen LogP contribution in [0.4, 0.5) is 4.39 Å². The molecule has 0 atom stereocenters. The number of piperidine rings is 1. The van der Waals surface area contributed by atoms with Gasteiger partial charge in [0.1, 0.15) is 23.8 Å². The number of aliphatic imine (C=N–C) groups is 2. The maximum Gasteiger partial charge on any atom is 0.329 e. The number of rotatable bonds is 9. The fourth-order valence-electron chi connectivity index (χ4n) is 4.05. The third-order valence-corrected chi connectivity index (χ3v) is 5.95. The Labute approximate surface area is 198 Å². The molecule has 0 bridgehead atoms. The van der Waals surface area contributed by atoms with Crippen molar-refractivity contribution in [3.05, 3.63) is 83.7 Å². The zero-order valence-corrected chi connectivity index (χ0v) is 19.2. The number of nitrogens with zero attached hydrogens (tertiary/aromatic N) is 3. The van der Waals surface area contributed by atoms with Gasteiger partial charge in [0, 0.05) is 25.9 Å². The summed E-state index contributed by atoms with van der Waals surface area (Å²) in [4.78, 5) is 21.2. The zero-order chi connectivity index (χ0) is 24.6. The number of carboxylic acids is 1. The monoisotopic (exact) mass is 467 g/mol. The summed E-state index contributed by atoms with van der Waals surface area (Å²) in [7, 11) is 0. The highest BCUT2D eigenvalue weighted by atomic mass is 19.1. The van der Waals surface area contributed by atoms with Crippen LogP contribution in [0, 0.1) is 0 Å². The predicted molar refractivity (Wildman–Crippen MR) is 130 cm³/mol. The maximum atomic E-state index is 15.0. The molecule has 8 heteroatoms. The van der Waals surface area contributed by atoms with Crippen LogP contribution in [0.2, 0.25) is 0 Å². The number of carbonyl (C=O) groups is 1. The Morgan fingerprint density at radius 2 is 1.68 bits per heavy atom. The highest BCUT2D eigenvalue weighted by Gasteiger charge is 2.38. The molecule has 7 nitrogen and oxygen atoms in total. The smallest absolute Gasteiger partial charge is 0.329 e. The quantitative estimate of drug-likeness (QED) is 0.432. The Bertz CT molecular complexity index is 993. The third-order valence-electron chi connectivity index (χ3n) is 5.95. The molecule has 1 aliphatic heterocycles. The van der Waals surface area contributed by atoms with E-state index >= 15 is 4.39 Å². The number of amidine groups is 1. The normalized spacial score (nSPS) is 16.9. The molecule has 2 aromatic rings. The number of aliphatic hydroxyl groups is 1. The van der Waals surface area contributed by atoms with Crippen LogP contribution < -0.4 is 0 Å². The van der Waals surface area contributed by atoms with Crippen LogP contribution >= 0.6 is 0 Å². The third kappa shape index (κ3) is 5.95. The molecule has 0 spiro atoms. The predicted octanol–water partition coefficient (Wildman–Crippen LogP) is 3.79. The van der Waals surface area contributed by atoms with Crippen molar-refractivity contribution in [1.29, 1.82) is 0 Å². The molecule has 1 aliphatic rings. The minimum absolute atomic E-state index is 0.180. The van der Waals surface area contributed by atoms with E-state index in [0.717, 1.165) is 0 Å². The van der Waals surface area contributed by atoms with Crippen LogP contribution in [-0.2, 0) is 15.1 Å². The van der Waals surface area contributed by atoms with E-state index in [1.54, 1.807) is 6.92 Å². The molecule has 1 fully saturated rings. The molecule has 0 amide bonds. The van der Waals surface area contributed by atoms with Gasteiger partial charge < -0.3 is 19.8 Å². The van der Waals surface area contributed by atoms with Crippen molar-refractivity contribution in [3.63, 3.8) is 0 Å². The molecule has 180 valence electrons. The van der Waals surface area contributed by atoms with E-state index in [-0.39, 0.29) is 19.4 Å². The SMILES string of the molecule is C=N/C=C(\N=C(/C)N1CCC(F)(COCC(=O)O)CC1)C(O)(c1ccccc1)c1ccccc1. The van der Waals surface area contributed by atoms with Gasteiger partial charge in [-0.15, -0.1) is 0 Å². The highest BCUT2D eigenvalue weighted by molar-refractivity contribution is 5.81. The Morgan fingerprint density at radius 3 is 2.15 bits per heavy atom. The second-order valence-corrected chi connectivity index (χ2v) is 8.32. The van der Waals surface area contributed by atoms with Gasteiger partial charge >= 0.3 is 5.97 Å². The molecular weight excluding hydrogens is 437 g/mol. The second-order valence-electron chi connectivity index (χ2n) is 8.32. The van der Waals surface area contributed by atoms with Crippen LogP contribution in [0.25, 0.3) is 0 Å². The van der Waals surface area contributed by atoms with Gasteiger partial charge in [0.2, 0.25) is 0 Å². The number of carboxylic acid groups (broad SMARTS) is 1. The molecule has 0 saturated carbocycles. The average molecular weight is 468 g/mol. The van der Waals surface area contributed by atoms with E-state index in [9.17, 15) is 9.90 Å². The second kappa shape index (κ2) is 11.2. The lowest BCUT2D eigenvalue weighted by Gasteiger charge is -2.37. The van der Waals surface area contributed by atoms with E-state index < -0.39 is 23.8 Å². The summed E-state index contributed by atoms with van der Waals surface area (Å²) in [5.41, 5.74) is -1.61. The van der Waals surface area contributed by atoms with Crippen molar-refractivity contribution in [1.82, 2.24) is 4.90 Å². The highest BCUT2D eigenvalue weighted by Crippen LogP contribution is 2.38. The minimum atomic E-state index is -1.58. The Hall–Kier alpha value is -3.36. The number of likely N-dealkylation sites (tertiary alicyclic amines) is 1. The standard InChI is InChI=1S/C26H30FN3O4/c1-20(30-15-13-25(27,14-16-30)19-34-18-24(31)32)29-23(17-28-2)26(33,21-9-5-3-6-10-21)22-11-7-4-8-12-22/h3-12,17,33H,2,13-16,18-19H2,1H3,(H,31,32)/b23-17-,29-20+. The van der Waals surface area contributed by atoms with Crippen molar-refractivity contribution in [3.8, 4) is 0 Å². The molecule has 34 heavy (non-hydrogen) atoms. The van der Waals surface area contributed by atoms with Crippen LogP contribution in [0.15, 0.2) is 82.5 Å². The van der Waals surface area contributed by atoms with Gasteiger partial charge in [0.25, 0.3) is 0 Å². The van der Waals surface area contributed by atoms with Crippen molar-refractivity contribution in [2.45, 2.75) is 31.0 Å². The fraction of sp³-hybridized carbons (Fsp3) is 0.346. The first-order chi connectivity index (χ1) is 16.3. The van der Waals surface area contributed by atoms with Crippen LogP contribution in [0.5, 0.6) is 0 Å². The first-order valence-electron chi connectivity index (χ1n) is 11.1. The van der Waals surface area contributed by atoms with Gasteiger partial charge in [-0.25, -0.2) is 14.2 Å². The number of halogens is 1. The lowest BCUT2D eigenvalue weighted by atomic mass is 9.83. The van der Waals surface area contributed by atoms with Gasteiger partial charge in [-0.2, -0.15) is 0 Å². The number of alkyl halides is 1. The number of ether oxygens (including phenoxy) is 1. The zero-order valence-electron chi connectivity index (χ0n) is 19.2. The summed E-state index contributed by atoms with van der Waals surface area (Å²) in [5, 5.41) is 20.7. The molecule has 0 aromatic heterocycles. The van der Waals surface area contributed by atoms with Gasteiger partial charge in [0.15, 0.2) is 5.60 Å². The van der Waals surface area contributed by atoms with Gasteiger partial charge in [-0.3, -0.25) is 4.99 Å². The van der Waals surface area contributed by atoms with Crippen LogP contribution in [0.3, 0.4) is 0 Å². The van der Waals surface area contributed by atoms with E-state index in [2.05, 4.69) is 11.7 Å². The summed E-state index contributed by atoms with van der Waals surface area (Å²) in [6, 6.07) is 18.4. The summed E-state index contributed by atoms with van der Waals surface area (Å²) in [6.07, 6.45) is 1.80. The van der Waals surface area contributed by atoms with E-state index in [4.69, 9.17) is 14.8 Å². The summed E-state index contributed by atoms with van der Waals surface area (Å²) in [5.74, 6) is -0.517. The summed E-state index contributed by atoms with van der Waals surface area (Å²) >= 11 is 0. The molecule has 0 aliphatic carbocycles. The molecular formula is C26H30FN3O4. The van der Waals surface area contributed by atoms with E-state index in [1.165, 1.54) is 6.20 Å². The minimum Gasteiger partial charge on any atom is -0.480 e. The summed E-state index contributed by atoms with van der Waals surface area (Å²) < 4.78 is 20.0. The topological polar surface area (TPSA) is 94.7 Å². The van der Waals surface area contributed by atoms with Crippen LogP contribution in [-0.4, -0.2) is 65.6 Å². The lowest BCUT2D eigenvalue weighted by Crippen LogP contribution is -2.46. The molecule has 1 saturated heterocycles.